The Morgan fingerprint density at radius 3 is 1.33 bits per heavy atom. The number of carbonyl (C=O) groups excluding carboxylic acids is 2. The van der Waals surface area contributed by atoms with Crippen LogP contribution in [0.25, 0.3) is 0 Å². The predicted octanol–water partition coefficient (Wildman–Crippen LogP) is 7.74. The Balaban J connectivity index is 0.000000200. The van der Waals surface area contributed by atoms with Gasteiger partial charge in [-0.15, -0.1) is 0 Å². The maximum atomic E-state index is 11.8. The molecular weight excluding hydrogens is 610 g/mol. The molecule has 2 unspecified atom stereocenters. The van der Waals surface area contributed by atoms with E-state index in [2.05, 4.69) is 65.8 Å². The third-order valence-corrected chi connectivity index (χ3v) is 14.1. The Morgan fingerprint density at radius 1 is 0.667 bits per heavy atom. The fraction of sp³-hybridized carbons (Fsp3) is 0.750. The van der Waals surface area contributed by atoms with Gasteiger partial charge in [0.15, 0.2) is 0 Å². The molecule has 0 heterocycles. The normalized spacial score (nSPS) is 40.4. The SMILES string of the molecule is CC(C)C1=CC2=CCC3[C@](C)(C(=O)[O-])CCC[C@@]3(C)[C@H]2CC1.CC(C)C1=CC2=CCC3[C@](C)(C(=O)[O-])CCC[C@@]3(C)[C@H]2CC1.[Zn+2]. The van der Waals surface area contributed by atoms with Gasteiger partial charge in [0.1, 0.15) is 0 Å². The number of rotatable bonds is 4. The molecule has 2 fully saturated rings. The number of aliphatic carboxylic acids is 2. The molecule has 2 saturated carbocycles. The van der Waals surface area contributed by atoms with E-state index in [1.807, 2.05) is 13.8 Å². The molecule has 0 aliphatic heterocycles. The van der Waals surface area contributed by atoms with E-state index in [4.69, 9.17) is 0 Å². The molecule has 6 rings (SSSR count). The van der Waals surface area contributed by atoms with Crippen LogP contribution in [-0.4, -0.2) is 11.9 Å². The monoisotopic (exact) mass is 666 g/mol. The fourth-order valence-electron chi connectivity index (χ4n) is 11.2. The van der Waals surface area contributed by atoms with Crippen LogP contribution < -0.4 is 10.2 Å². The summed E-state index contributed by atoms with van der Waals surface area (Å²) in [5.41, 5.74) is 5.01. The van der Waals surface area contributed by atoms with Crippen LogP contribution in [0, 0.1) is 57.2 Å². The van der Waals surface area contributed by atoms with Gasteiger partial charge in [-0.25, -0.2) is 0 Å². The van der Waals surface area contributed by atoms with Crippen LogP contribution in [0.5, 0.6) is 0 Å². The van der Waals surface area contributed by atoms with Crippen molar-refractivity contribution in [1.82, 2.24) is 0 Å². The number of carboxylic acids is 2. The van der Waals surface area contributed by atoms with E-state index in [0.29, 0.717) is 23.7 Å². The van der Waals surface area contributed by atoms with Crippen LogP contribution in [0.1, 0.15) is 132 Å². The first-order valence-electron chi connectivity index (χ1n) is 17.8. The van der Waals surface area contributed by atoms with Gasteiger partial charge in [-0.3, -0.25) is 0 Å². The standard InChI is InChI=1S/2C20H30O2.Zn/c2*1-13(2)14-6-8-16-15(12-14)7-9-17-19(16,3)10-5-11-20(17,4)18(21)22;/h2*7,12-13,16-17H,5-6,8-11H2,1-4H3,(H,21,22);/q;;+2/p-2/t2*16-,17?,19-,20+;/m00./s1. The molecule has 0 aromatic heterocycles. The third-order valence-electron chi connectivity index (χ3n) is 14.1. The van der Waals surface area contributed by atoms with Crippen molar-refractivity contribution in [2.45, 2.75) is 132 Å². The third kappa shape index (κ3) is 6.15. The molecule has 5 heteroatoms. The first-order valence-corrected chi connectivity index (χ1v) is 17.8. The van der Waals surface area contributed by atoms with Crippen molar-refractivity contribution in [3.8, 4) is 0 Å². The smallest absolute Gasteiger partial charge is 0.550 e. The molecule has 0 N–H and O–H groups in total. The van der Waals surface area contributed by atoms with Crippen molar-refractivity contribution in [2.24, 2.45) is 57.2 Å². The maximum absolute atomic E-state index is 11.8. The van der Waals surface area contributed by atoms with Crippen LogP contribution >= 0.6 is 0 Å². The van der Waals surface area contributed by atoms with E-state index in [1.54, 1.807) is 11.1 Å². The zero-order valence-electron chi connectivity index (χ0n) is 29.6. The largest absolute Gasteiger partial charge is 2.00 e. The van der Waals surface area contributed by atoms with Gasteiger partial charge in [-0.05, 0) is 122 Å². The van der Waals surface area contributed by atoms with Gasteiger partial charge in [0.2, 0.25) is 0 Å². The van der Waals surface area contributed by atoms with E-state index in [-0.39, 0.29) is 42.1 Å². The summed E-state index contributed by atoms with van der Waals surface area (Å²) >= 11 is 0. The first-order chi connectivity index (χ1) is 20.6. The summed E-state index contributed by atoms with van der Waals surface area (Å²) in [5.74, 6) is 1.08. The van der Waals surface area contributed by atoms with Crippen LogP contribution in [-0.2, 0) is 29.1 Å². The summed E-state index contributed by atoms with van der Waals surface area (Å²) in [4.78, 5) is 23.7. The molecule has 244 valence electrons. The molecule has 4 nitrogen and oxygen atoms in total. The minimum absolute atomic E-state index is 0. The number of hydrogen-bond acceptors (Lipinski definition) is 4. The van der Waals surface area contributed by atoms with Gasteiger partial charge >= 0.3 is 19.5 Å². The average molecular weight is 668 g/mol. The second kappa shape index (κ2) is 13.2. The molecule has 0 aromatic rings. The van der Waals surface area contributed by atoms with Gasteiger partial charge in [-0.1, -0.05) is 104 Å². The summed E-state index contributed by atoms with van der Waals surface area (Å²) in [6.07, 6.45) is 21.9. The molecular formula is C40H58O4Zn. The summed E-state index contributed by atoms with van der Waals surface area (Å²) in [7, 11) is 0. The first kappa shape index (κ1) is 36.4. The fourth-order valence-corrected chi connectivity index (χ4v) is 11.2. The Labute approximate surface area is 286 Å². The Hall–Kier alpha value is -1.48. The molecule has 0 spiro atoms. The Bertz CT molecular complexity index is 1190. The quantitative estimate of drug-likeness (QED) is 0.287. The maximum Gasteiger partial charge on any atom is 2.00 e. The number of hydrogen-bond donors (Lipinski definition) is 0. The average Bonchev–Trinajstić information content (AvgIpc) is 2.96. The van der Waals surface area contributed by atoms with Gasteiger partial charge in [-0.2, -0.15) is 0 Å². The molecule has 6 aliphatic carbocycles. The molecule has 0 aromatic carbocycles. The van der Waals surface area contributed by atoms with Crippen molar-refractivity contribution < 1.29 is 39.3 Å². The summed E-state index contributed by atoms with van der Waals surface area (Å²) in [6.45, 7) is 17.7. The Morgan fingerprint density at radius 2 is 1.02 bits per heavy atom. The van der Waals surface area contributed by atoms with E-state index < -0.39 is 22.8 Å². The van der Waals surface area contributed by atoms with E-state index in [1.165, 1.54) is 36.8 Å². The van der Waals surface area contributed by atoms with E-state index >= 15 is 0 Å². The van der Waals surface area contributed by atoms with Crippen molar-refractivity contribution >= 4 is 11.9 Å². The molecule has 0 saturated heterocycles. The molecule has 6 aliphatic rings. The minimum atomic E-state index is -0.838. The predicted molar refractivity (Wildman–Crippen MR) is 174 cm³/mol. The van der Waals surface area contributed by atoms with Crippen molar-refractivity contribution in [2.75, 3.05) is 0 Å². The van der Waals surface area contributed by atoms with E-state index in [9.17, 15) is 19.8 Å². The van der Waals surface area contributed by atoms with E-state index in [0.717, 1.165) is 51.4 Å². The van der Waals surface area contributed by atoms with Crippen molar-refractivity contribution in [3.05, 3.63) is 46.6 Å². The van der Waals surface area contributed by atoms with Crippen LogP contribution in [0.2, 0.25) is 0 Å². The van der Waals surface area contributed by atoms with Crippen molar-refractivity contribution in [3.63, 3.8) is 0 Å². The molecule has 0 bridgehead atoms. The van der Waals surface area contributed by atoms with Gasteiger partial charge in [0.05, 0.1) is 0 Å². The zero-order chi connectivity index (χ0) is 32.2. The summed E-state index contributed by atoms with van der Waals surface area (Å²) < 4.78 is 0. The van der Waals surface area contributed by atoms with Gasteiger partial charge < -0.3 is 19.8 Å². The number of allylic oxidation sites excluding steroid dienone is 8. The summed E-state index contributed by atoms with van der Waals surface area (Å²) in [6, 6.07) is 0. The number of carbonyl (C=O) groups is 2. The molecule has 0 amide bonds. The second-order valence-corrected chi connectivity index (χ2v) is 17.0. The van der Waals surface area contributed by atoms with Gasteiger partial charge in [0, 0.05) is 22.8 Å². The number of fused-ring (bicyclic) bond motifs is 6. The molecule has 8 atom stereocenters. The number of carboxylic acid groups (broad SMARTS) is 2. The Kier molecular flexibility index (Phi) is 10.7. The molecule has 45 heavy (non-hydrogen) atoms. The van der Waals surface area contributed by atoms with Gasteiger partial charge in [0.25, 0.3) is 0 Å². The van der Waals surface area contributed by atoms with Crippen molar-refractivity contribution in [1.29, 1.82) is 0 Å². The summed E-state index contributed by atoms with van der Waals surface area (Å²) in [5, 5.41) is 23.7. The zero-order valence-corrected chi connectivity index (χ0v) is 32.6. The topological polar surface area (TPSA) is 80.3 Å². The second-order valence-electron chi connectivity index (χ2n) is 17.0. The van der Waals surface area contributed by atoms with Crippen LogP contribution in [0.3, 0.4) is 0 Å². The van der Waals surface area contributed by atoms with Crippen LogP contribution in [0.15, 0.2) is 46.6 Å². The van der Waals surface area contributed by atoms with Crippen LogP contribution in [0.4, 0.5) is 0 Å². The minimum Gasteiger partial charge on any atom is -0.550 e. The molecule has 0 radical (unpaired) electrons.